The van der Waals surface area contributed by atoms with Gasteiger partial charge in [0.15, 0.2) is 0 Å². The molecule has 1 saturated carbocycles. The Morgan fingerprint density at radius 2 is 1.89 bits per heavy atom. The Kier molecular flexibility index (Phi) is 5.20. The molecule has 0 heterocycles. The Balaban J connectivity index is 2.53. The van der Waals surface area contributed by atoms with Crippen molar-refractivity contribution < 1.29 is 4.79 Å². The third-order valence-corrected chi connectivity index (χ3v) is 4.60. The van der Waals surface area contributed by atoms with E-state index >= 15 is 0 Å². The smallest absolute Gasteiger partial charge is 0.226 e. The number of amides is 1. The van der Waals surface area contributed by atoms with E-state index in [4.69, 9.17) is 5.73 Å². The first-order valence-electron chi connectivity index (χ1n) is 7.44. The normalized spacial score (nSPS) is 18.6. The minimum absolute atomic E-state index is 0.0867. The molecule has 3 N–H and O–H groups in total. The Hall–Kier alpha value is -0.570. The van der Waals surface area contributed by atoms with Crippen molar-refractivity contribution in [2.24, 2.45) is 17.1 Å². The number of rotatable bonds is 7. The quantitative estimate of drug-likeness (QED) is 0.734. The Bertz CT molecular complexity index is 278. The van der Waals surface area contributed by atoms with Crippen LogP contribution in [0.25, 0.3) is 0 Å². The second-order valence-corrected chi connectivity index (χ2v) is 6.48. The lowest BCUT2D eigenvalue weighted by Crippen LogP contribution is -2.54. The molecule has 3 nitrogen and oxygen atoms in total. The maximum absolute atomic E-state index is 12.4. The van der Waals surface area contributed by atoms with Gasteiger partial charge in [0.1, 0.15) is 0 Å². The first kappa shape index (κ1) is 15.5. The average molecular weight is 254 g/mol. The van der Waals surface area contributed by atoms with Gasteiger partial charge in [-0.3, -0.25) is 4.79 Å². The van der Waals surface area contributed by atoms with Crippen molar-refractivity contribution in [3.8, 4) is 0 Å². The lowest BCUT2D eigenvalue weighted by molar-refractivity contribution is -0.137. The van der Waals surface area contributed by atoms with Gasteiger partial charge < -0.3 is 11.1 Å². The molecule has 1 aliphatic rings. The molecule has 18 heavy (non-hydrogen) atoms. The maximum Gasteiger partial charge on any atom is 0.226 e. The number of nitrogens with two attached hydrogens (primary N) is 1. The summed E-state index contributed by atoms with van der Waals surface area (Å²) >= 11 is 0. The highest BCUT2D eigenvalue weighted by Gasteiger charge is 2.44. The highest BCUT2D eigenvalue weighted by Crippen LogP contribution is 2.46. The molecule has 0 bridgehead atoms. The van der Waals surface area contributed by atoms with Crippen LogP contribution in [-0.2, 0) is 4.79 Å². The van der Waals surface area contributed by atoms with Gasteiger partial charge in [0, 0.05) is 17.5 Å². The molecule has 1 rings (SSSR count). The Morgan fingerprint density at radius 3 is 2.22 bits per heavy atom. The van der Waals surface area contributed by atoms with E-state index in [0.717, 1.165) is 32.1 Å². The third-order valence-electron chi connectivity index (χ3n) is 4.60. The molecule has 0 atom stereocenters. The van der Waals surface area contributed by atoms with Crippen molar-refractivity contribution in [2.75, 3.05) is 6.54 Å². The van der Waals surface area contributed by atoms with Gasteiger partial charge in [-0.25, -0.2) is 0 Å². The first-order chi connectivity index (χ1) is 8.37. The molecule has 0 aromatic carbocycles. The summed E-state index contributed by atoms with van der Waals surface area (Å²) in [5, 5.41) is 3.11. The lowest BCUT2D eigenvalue weighted by Gasteiger charge is -2.42. The van der Waals surface area contributed by atoms with Crippen LogP contribution in [0.2, 0.25) is 0 Å². The van der Waals surface area contributed by atoms with Crippen LogP contribution in [0, 0.1) is 11.3 Å². The summed E-state index contributed by atoms with van der Waals surface area (Å²) in [6, 6.07) is 0. The van der Waals surface area contributed by atoms with Gasteiger partial charge in [-0.15, -0.1) is 0 Å². The van der Waals surface area contributed by atoms with E-state index in [2.05, 4.69) is 33.0 Å². The molecule has 1 fully saturated rings. The highest BCUT2D eigenvalue weighted by atomic mass is 16.2. The van der Waals surface area contributed by atoms with Crippen LogP contribution in [0.1, 0.15) is 66.2 Å². The average Bonchev–Trinajstić information content (AvgIpc) is 2.30. The second-order valence-electron chi connectivity index (χ2n) is 6.48. The number of hydrogen-bond acceptors (Lipinski definition) is 2. The molecule has 0 aromatic heterocycles. The summed E-state index contributed by atoms with van der Waals surface area (Å²) in [7, 11) is 0. The summed E-state index contributed by atoms with van der Waals surface area (Å²) in [4.78, 5) is 12.4. The van der Waals surface area contributed by atoms with E-state index in [1.807, 2.05) is 0 Å². The van der Waals surface area contributed by atoms with E-state index < -0.39 is 0 Å². The predicted molar refractivity (Wildman–Crippen MR) is 76.2 cm³/mol. The van der Waals surface area contributed by atoms with Gasteiger partial charge in [0.25, 0.3) is 0 Å². The van der Waals surface area contributed by atoms with Crippen molar-refractivity contribution in [1.82, 2.24) is 5.32 Å². The van der Waals surface area contributed by atoms with E-state index in [9.17, 15) is 4.79 Å². The van der Waals surface area contributed by atoms with Crippen LogP contribution in [-0.4, -0.2) is 18.0 Å². The summed E-state index contributed by atoms with van der Waals surface area (Å²) in [5.74, 6) is 0.815. The zero-order valence-electron chi connectivity index (χ0n) is 12.5. The van der Waals surface area contributed by atoms with Crippen molar-refractivity contribution in [3.63, 3.8) is 0 Å². The lowest BCUT2D eigenvalue weighted by atomic mass is 9.64. The fourth-order valence-corrected chi connectivity index (χ4v) is 2.85. The molecule has 106 valence electrons. The summed E-state index contributed by atoms with van der Waals surface area (Å²) in [5.41, 5.74) is 5.91. The number of carbonyl (C=O) groups is 1. The van der Waals surface area contributed by atoms with Gasteiger partial charge in [-0.2, -0.15) is 0 Å². The van der Waals surface area contributed by atoms with E-state index in [1.54, 1.807) is 0 Å². The van der Waals surface area contributed by atoms with E-state index in [-0.39, 0.29) is 16.9 Å². The predicted octanol–water partition coefficient (Wildman–Crippen LogP) is 2.84. The molecular formula is C15H30N2O. The minimum atomic E-state index is -0.238. The Labute approximate surface area is 112 Å². The van der Waals surface area contributed by atoms with Gasteiger partial charge in [0.2, 0.25) is 5.91 Å². The van der Waals surface area contributed by atoms with Crippen LogP contribution in [0.4, 0.5) is 0 Å². The standard InChI is InChI=1S/C15H30N2O/c1-5-15(16,6-2)11-17-13(18)14(8-7-9-14)10-12(3)4/h12H,5-11,16H2,1-4H3,(H,17,18). The van der Waals surface area contributed by atoms with Gasteiger partial charge in [0.05, 0.1) is 0 Å². The zero-order valence-corrected chi connectivity index (χ0v) is 12.5. The fraction of sp³-hybridized carbons (Fsp3) is 0.933. The fourth-order valence-electron chi connectivity index (χ4n) is 2.85. The van der Waals surface area contributed by atoms with Gasteiger partial charge >= 0.3 is 0 Å². The van der Waals surface area contributed by atoms with E-state index in [1.165, 1.54) is 6.42 Å². The Morgan fingerprint density at radius 1 is 1.33 bits per heavy atom. The molecule has 3 heteroatoms. The molecule has 0 aromatic rings. The number of nitrogens with one attached hydrogen (secondary N) is 1. The topological polar surface area (TPSA) is 55.1 Å². The van der Waals surface area contributed by atoms with Crippen LogP contribution in [0.5, 0.6) is 0 Å². The van der Waals surface area contributed by atoms with E-state index in [0.29, 0.717) is 12.5 Å². The molecular weight excluding hydrogens is 224 g/mol. The van der Waals surface area contributed by atoms with Crippen molar-refractivity contribution >= 4 is 5.91 Å². The third kappa shape index (κ3) is 3.47. The molecule has 0 aliphatic heterocycles. The minimum Gasteiger partial charge on any atom is -0.354 e. The van der Waals surface area contributed by atoms with Crippen LogP contribution >= 0.6 is 0 Å². The monoisotopic (exact) mass is 254 g/mol. The maximum atomic E-state index is 12.4. The second kappa shape index (κ2) is 6.05. The van der Waals surface area contributed by atoms with Gasteiger partial charge in [-0.1, -0.05) is 34.1 Å². The molecule has 1 aliphatic carbocycles. The SMILES string of the molecule is CCC(N)(CC)CNC(=O)C1(CC(C)C)CCC1. The highest BCUT2D eigenvalue weighted by molar-refractivity contribution is 5.83. The molecule has 0 unspecified atom stereocenters. The summed E-state index contributed by atoms with van der Waals surface area (Å²) in [6.07, 6.45) is 6.10. The summed E-state index contributed by atoms with van der Waals surface area (Å²) in [6.45, 7) is 9.17. The van der Waals surface area contributed by atoms with Crippen molar-refractivity contribution in [1.29, 1.82) is 0 Å². The largest absolute Gasteiger partial charge is 0.354 e. The van der Waals surface area contributed by atoms with Crippen molar-refractivity contribution in [3.05, 3.63) is 0 Å². The first-order valence-corrected chi connectivity index (χ1v) is 7.44. The zero-order chi connectivity index (χ0) is 13.8. The molecule has 0 spiro atoms. The van der Waals surface area contributed by atoms with Crippen LogP contribution in [0.3, 0.4) is 0 Å². The number of carbonyl (C=O) groups excluding carboxylic acids is 1. The summed E-state index contributed by atoms with van der Waals surface area (Å²) < 4.78 is 0. The molecule has 0 radical (unpaired) electrons. The van der Waals surface area contributed by atoms with Gasteiger partial charge in [-0.05, 0) is 38.0 Å². The van der Waals surface area contributed by atoms with Crippen molar-refractivity contribution in [2.45, 2.75) is 71.8 Å². The number of hydrogen-bond donors (Lipinski definition) is 2. The molecule has 1 amide bonds. The van der Waals surface area contributed by atoms with Crippen LogP contribution in [0.15, 0.2) is 0 Å². The molecule has 0 saturated heterocycles. The van der Waals surface area contributed by atoms with Crippen LogP contribution < -0.4 is 11.1 Å².